The summed E-state index contributed by atoms with van der Waals surface area (Å²) in [7, 11) is 0. The van der Waals surface area contributed by atoms with E-state index in [0.29, 0.717) is 23.8 Å². The van der Waals surface area contributed by atoms with Crippen LogP contribution in [0.5, 0.6) is 0 Å². The summed E-state index contributed by atoms with van der Waals surface area (Å²) in [5.41, 5.74) is 6.72. The van der Waals surface area contributed by atoms with Crippen LogP contribution in [0.4, 0.5) is 0 Å². The third-order valence-electron chi connectivity index (χ3n) is 2.79. The summed E-state index contributed by atoms with van der Waals surface area (Å²) >= 11 is 0. The van der Waals surface area contributed by atoms with E-state index in [1.165, 1.54) is 6.33 Å². The van der Waals surface area contributed by atoms with Crippen LogP contribution in [0.1, 0.15) is 26.7 Å². The van der Waals surface area contributed by atoms with Crippen LogP contribution in [0.3, 0.4) is 0 Å². The fourth-order valence-corrected chi connectivity index (χ4v) is 1.36. The summed E-state index contributed by atoms with van der Waals surface area (Å²) in [6.45, 7) is 6.25. The predicted molar refractivity (Wildman–Crippen MR) is 66.5 cm³/mol. The van der Waals surface area contributed by atoms with Crippen LogP contribution in [0.2, 0.25) is 0 Å². The molecule has 0 aliphatic carbocycles. The minimum atomic E-state index is -0.0313. The Morgan fingerprint density at radius 2 is 2.17 bits per heavy atom. The molecule has 2 N–H and O–H groups in total. The quantitative estimate of drug-likeness (QED) is 0.882. The van der Waals surface area contributed by atoms with Gasteiger partial charge >= 0.3 is 0 Å². The Labute approximate surface area is 106 Å². The molecule has 0 radical (unpaired) electrons. The molecule has 0 amide bonds. The summed E-state index contributed by atoms with van der Waals surface area (Å²) in [5, 5.41) is 3.89. The molecule has 0 fully saturated rings. The summed E-state index contributed by atoms with van der Waals surface area (Å²) in [6.07, 6.45) is 3.65. The molecule has 96 valence electrons. The van der Waals surface area contributed by atoms with Crippen molar-refractivity contribution in [1.82, 2.24) is 20.1 Å². The molecule has 0 saturated heterocycles. The fourth-order valence-electron chi connectivity index (χ4n) is 1.36. The van der Waals surface area contributed by atoms with Gasteiger partial charge in [-0.3, -0.25) is 0 Å². The first-order valence-electron chi connectivity index (χ1n) is 5.81. The maximum Gasteiger partial charge on any atom is 0.228 e. The fraction of sp³-hybridized carbons (Fsp3) is 0.500. The van der Waals surface area contributed by atoms with Gasteiger partial charge in [-0.2, -0.15) is 4.98 Å². The monoisotopic (exact) mass is 247 g/mol. The molecule has 0 aromatic carbocycles. The maximum absolute atomic E-state index is 6.08. The third kappa shape index (κ3) is 2.89. The Morgan fingerprint density at radius 1 is 1.39 bits per heavy atom. The third-order valence-corrected chi connectivity index (χ3v) is 2.79. The maximum atomic E-state index is 6.08. The van der Waals surface area contributed by atoms with Gasteiger partial charge in [0.2, 0.25) is 11.7 Å². The molecule has 2 heterocycles. The van der Waals surface area contributed by atoms with E-state index >= 15 is 0 Å². The highest BCUT2D eigenvalue weighted by Crippen LogP contribution is 2.21. The zero-order valence-corrected chi connectivity index (χ0v) is 10.8. The van der Waals surface area contributed by atoms with Crippen molar-refractivity contribution in [3.8, 4) is 11.5 Å². The van der Waals surface area contributed by atoms with Gasteiger partial charge < -0.3 is 10.3 Å². The standard InChI is InChI=1S/C12H17N5O/c1-12(2,3)9(13)6-10-16-11(17-18-10)8-4-5-14-7-15-8/h4-5,7,9H,6,13H2,1-3H3. The van der Waals surface area contributed by atoms with Gasteiger partial charge in [-0.05, 0) is 11.5 Å². The van der Waals surface area contributed by atoms with Gasteiger partial charge in [0, 0.05) is 18.7 Å². The van der Waals surface area contributed by atoms with Gasteiger partial charge in [0.25, 0.3) is 0 Å². The van der Waals surface area contributed by atoms with Crippen molar-refractivity contribution in [3.63, 3.8) is 0 Å². The molecule has 2 aromatic heterocycles. The van der Waals surface area contributed by atoms with Gasteiger partial charge in [0.15, 0.2) is 0 Å². The van der Waals surface area contributed by atoms with Crippen LogP contribution >= 0.6 is 0 Å². The first-order valence-corrected chi connectivity index (χ1v) is 5.81. The number of nitrogens with zero attached hydrogens (tertiary/aromatic N) is 4. The summed E-state index contributed by atoms with van der Waals surface area (Å²) in [4.78, 5) is 12.2. The molecule has 0 aliphatic rings. The highest BCUT2D eigenvalue weighted by atomic mass is 16.5. The summed E-state index contributed by atoms with van der Waals surface area (Å²) in [6, 6.07) is 1.70. The van der Waals surface area contributed by atoms with Crippen LogP contribution in [0.15, 0.2) is 23.1 Å². The minimum Gasteiger partial charge on any atom is -0.339 e. The van der Waals surface area contributed by atoms with Crippen molar-refractivity contribution in [2.45, 2.75) is 33.2 Å². The summed E-state index contributed by atoms with van der Waals surface area (Å²) in [5.74, 6) is 1.000. The number of aromatic nitrogens is 4. The second-order valence-corrected chi connectivity index (χ2v) is 5.28. The number of hydrogen-bond donors (Lipinski definition) is 1. The van der Waals surface area contributed by atoms with E-state index in [1.54, 1.807) is 12.3 Å². The predicted octanol–water partition coefficient (Wildman–Crippen LogP) is 1.44. The Bertz CT molecular complexity index is 503. The SMILES string of the molecule is CC(C)(C)C(N)Cc1nc(-c2ccncn2)no1. The number of nitrogens with two attached hydrogens (primary N) is 1. The van der Waals surface area contributed by atoms with Crippen LogP contribution in [-0.2, 0) is 6.42 Å². The van der Waals surface area contributed by atoms with Crippen molar-refractivity contribution in [2.24, 2.45) is 11.1 Å². The molecular formula is C12H17N5O. The van der Waals surface area contributed by atoms with Gasteiger partial charge in [0.05, 0.1) is 0 Å². The molecule has 18 heavy (non-hydrogen) atoms. The van der Waals surface area contributed by atoms with Crippen molar-refractivity contribution >= 4 is 0 Å². The van der Waals surface area contributed by atoms with E-state index in [2.05, 4.69) is 40.9 Å². The van der Waals surface area contributed by atoms with E-state index in [9.17, 15) is 0 Å². The zero-order chi connectivity index (χ0) is 13.2. The molecule has 6 nitrogen and oxygen atoms in total. The average Bonchev–Trinajstić information content (AvgIpc) is 2.77. The van der Waals surface area contributed by atoms with Crippen LogP contribution in [-0.4, -0.2) is 26.2 Å². The second kappa shape index (κ2) is 4.81. The highest BCUT2D eigenvalue weighted by molar-refractivity contribution is 5.46. The van der Waals surface area contributed by atoms with Gasteiger partial charge in [-0.1, -0.05) is 25.9 Å². The lowest BCUT2D eigenvalue weighted by atomic mass is 9.85. The molecular weight excluding hydrogens is 230 g/mol. The molecule has 0 bridgehead atoms. The first-order chi connectivity index (χ1) is 8.47. The number of hydrogen-bond acceptors (Lipinski definition) is 6. The molecule has 6 heteroatoms. The van der Waals surface area contributed by atoms with E-state index < -0.39 is 0 Å². The lowest BCUT2D eigenvalue weighted by Gasteiger charge is -2.25. The molecule has 0 aliphatic heterocycles. The molecule has 1 atom stereocenters. The lowest BCUT2D eigenvalue weighted by Crippen LogP contribution is -2.36. The van der Waals surface area contributed by atoms with E-state index in [4.69, 9.17) is 10.3 Å². The Balaban J connectivity index is 2.12. The smallest absolute Gasteiger partial charge is 0.228 e. The highest BCUT2D eigenvalue weighted by Gasteiger charge is 2.23. The first kappa shape index (κ1) is 12.6. The van der Waals surface area contributed by atoms with Crippen LogP contribution in [0.25, 0.3) is 11.5 Å². The van der Waals surface area contributed by atoms with Crippen LogP contribution in [0, 0.1) is 5.41 Å². The zero-order valence-electron chi connectivity index (χ0n) is 10.8. The molecule has 0 spiro atoms. The Morgan fingerprint density at radius 3 is 2.78 bits per heavy atom. The topological polar surface area (TPSA) is 90.7 Å². The van der Waals surface area contributed by atoms with Crippen molar-refractivity contribution in [1.29, 1.82) is 0 Å². The van der Waals surface area contributed by atoms with Crippen molar-refractivity contribution < 1.29 is 4.52 Å². The lowest BCUT2D eigenvalue weighted by molar-refractivity contribution is 0.286. The van der Waals surface area contributed by atoms with E-state index in [0.717, 1.165) is 0 Å². The Hall–Kier alpha value is -1.82. The molecule has 2 rings (SSSR count). The molecule has 0 saturated carbocycles. The van der Waals surface area contributed by atoms with E-state index in [1.807, 2.05) is 0 Å². The van der Waals surface area contributed by atoms with E-state index in [-0.39, 0.29) is 11.5 Å². The normalized spacial score (nSPS) is 13.6. The second-order valence-electron chi connectivity index (χ2n) is 5.28. The molecule has 1 unspecified atom stereocenters. The van der Waals surface area contributed by atoms with Crippen molar-refractivity contribution in [3.05, 3.63) is 24.5 Å². The number of rotatable bonds is 3. The molecule has 2 aromatic rings. The van der Waals surface area contributed by atoms with Gasteiger partial charge in [-0.15, -0.1) is 0 Å². The summed E-state index contributed by atoms with van der Waals surface area (Å²) < 4.78 is 5.18. The Kier molecular flexibility index (Phi) is 3.38. The minimum absolute atomic E-state index is 0.00352. The van der Waals surface area contributed by atoms with Gasteiger partial charge in [0.1, 0.15) is 12.0 Å². The average molecular weight is 247 g/mol. The van der Waals surface area contributed by atoms with Crippen LogP contribution < -0.4 is 5.73 Å². The van der Waals surface area contributed by atoms with Crippen molar-refractivity contribution in [2.75, 3.05) is 0 Å². The van der Waals surface area contributed by atoms with Gasteiger partial charge in [-0.25, -0.2) is 9.97 Å². The largest absolute Gasteiger partial charge is 0.339 e.